The van der Waals surface area contributed by atoms with E-state index >= 15 is 0 Å². The van der Waals surface area contributed by atoms with Gasteiger partial charge in [0.2, 0.25) is 0 Å². The molecule has 0 saturated carbocycles. The Hall–Kier alpha value is -1.20. The van der Waals surface area contributed by atoms with Crippen molar-refractivity contribution >= 4 is 0 Å². The Bertz CT molecular complexity index is 629. The maximum Gasteiger partial charge on any atom is 0 e. The monoisotopic (exact) mass is 322 g/mol. The summed E-state index contributed by atoms with van der Waals surface area (Å²) in [6.07, 6.45) is 1.09. The summed E-state index contributed by atoms with van der Waals surface area (Å²) >= 11 is 0. The first-order chi connectivity index (χ1) is 8.88. The van der Waals surface area contributed by atoms with Crippen LogP contribution in [-0.4, -0.2) is 0 Å². The van der Waals surface area contributed by atoms with Gasteiger partial charge in [-0.25, -0.2) is 0 Å². The summed E-state index contributed by atoms with van der Waals surface area (Å²) in [6, 6.07) is 23.8. The number of benzene rings is 1. The molecule has 0 radical (unpaired) electrons. The van der Waals surface area contributed by atoms with Crippen LogP contribution in [0.15, 0.2) is 66.7 Å². The molecule has 19 heavy (non-hydrogen) atoms. The molecule has 0 spiro atoms. The van der Waals surface area contributed by atoms with Gasteiger partial charge in [-0.3, -0.25) is 0 Å². The summed E-state index contributed by atoms with van der Waals surface area (Å²) in [5.74, 6) is 0. The van der Waals surface area contributed by atoms with E-state index in [1.54, 1.807) is 0 Å². The minimum absolute atomic E-state index is 0. The number of rotatable bonds is 2. The van der Waals surface area contributed by atoms with Crippen LogP contribution in [0.25, 0.3) is 22.3 Å². The zero-order valence-electron chi connectivity index (χ0n) is 11.1. The molecule has 0 aliphatic heterocycles. The summed E-state index contributed by atoms with van der Waals surface area (Å²) in [7, 11) is 0. The van der Waals surface area contributed by atoms with Gasteiger partial charge in [-0.15, -0.1) is 0 Å². The van der Waals surface area contributed by atoms with Crippen LogP contribution in [0, 0.1) is 0 Å². The van der Waals surface area contributed by atoms with Crippen molar-refractivity contribution in [2.75, 3.05) is 0 Å². The van der Waals surface area contributed by atoms with Crippen LogP contribution < -0.4 is 0 Å². The molecule has 0 nitrogen and oxygen atoms in total. The van der Waals surface area contributed by atoms with Crippen molar-refractivity contribution in [2.24, 2.45) is 0 Å². The second-order valence-electron chi connectivity index (χ2n) is 4.58. The van der Waals surface area contributed by atoms with E-state index < -0.39 is 0 Å². The van der Waals surface area contributed by atoms with Gasteiger partial charge in [-0.1, -0.05) is 73.7 Å². The quantitative estimate of drug-likeness (QED) is 0.621. The molecule has 0 bridgehead atoms. The van der Waals surface area contributed by atoms with Crippen LogP contribution >= 0.6 is 0 Å². The maximum absolute atomic E-state index is 2.32. The molecule has 0 fully saturated rings. The Morgan fingerprint density at radius 1 is 0.684 bits per heavy atom. The Morgan fingerprint density at radius 2 is 1.32 bits per heavy atom. The van der Waals surface area contributed by atoms with Crippen molar-refractivity contribution in [1.29, 1.82) is 0 Å². The van der Waals surface area contributed by atoms with E-state index in [2.05, 4.69) is 73.7 Å². The molecule has 2 aliphatic rings. The zero-order valence-corrected chi connectivity index (χ0v) is 13.5. The number of hydrogen-bond acceptors (Lipinski definition) is 0. The van der Waals surface area contributed by atoms with Gasteiger partial charge in [0.1, 0.15) is 0 Å². The average molecular weight is 324 g/mol. The average Bonchev–Trinajstić information content (AvgIpc) is 2.73. The Labute approximate surface area is 134 Å². The Kier molecular flexibility index (Phi) is 4.72. The van der Waals surface area contributed by atoms with Gasteiger partial charge in [0.25, 0.3) is 0 Å². The second-order valence-corrected chi connectivity index (χ2v) is 4.58. The summed E-state index contributed by atoms with van der Waals surface area (Å²) in [5.41, 5.74) is 6.69. The molecule has 0 amide bonds. The number of hydrogen-bond donors (Lipinski definition) is 0. The van der Waals surface area contributed by atoms with Gasteiger partial charge in [-0.2, -0.15) is 0 Å². The molecule has 0 aromatic heterocycles. The molecule has 2 aliphatic carbocycles. The zero-order chi connectivity index (χ0) is 12.4. The van der Waals surface area contributed by atoms with Gasteiger partial charge in [0, 0.05) is 26.2 Å². The Morgan fingerprint density at radius 3 is 2.05 bits per heavy atom. The standard InChI is InChI=1S/C18H16.Zr/c1-2-14-12-16-10-6-7-11-17(18(16)13-14)15-8-4-3-5-9-15;/h3-13H,2H2,1H3;. The van der Waals surface area contributed by atoms with Crippen molar-refractivity contribution in [3.8, 4) is 22.3 Å². The van der Waals surface area contributed by atoms with Gasteiger partial charge in [0.15, 0.2) is 0 Å². The first-order valence-corrected chi connectivity index (χ1v) is 6.45. The molecule has 92 valence electrons. The van der Waals surface area contributed by atoms with Crippen molar-refractivity contribution in [1.82, 2.24) is 0 Å². The smallest absolute Gasteiger partial charge is 0 e. The van der Waals surface area contributed by atoms with Gasteiger partial charge in [0.05, 0.1) is 0 Å². The van der Waals surface area contributed by atoms with Crippen LogP contribution in [0.4, 0.5) is 0 Å². The molecule has 0 N–H and O–H groups in total. The molecular formula is C18H16Zr. The molecule has 3 rings (SSSR count). The van der Waals surface area contributed by atoms with Crippen LogP contribution in [-0.2, 0) is 32.6 Å². The Balaban J connectivity index is 0.00000133. The third kappa shape index (κ3) is 2.87. The predicted octanol–water partition coefficient (Wildman–Crippen LogP) is 5.02. The third-order valence-corrected chi connectivity index (χ3v) is 3.41. The molecule has 1 aromatic rings. The predicted molar refractivity (Wildman–Crippen MR) is 77.9 cm³/mol. The van der Waals surface area contributed by atoms with Crippen LogP contribution in [0.2, 0.25) is 0 Å². The SMILES string of the molecule is CCc1cc2ccccc(-c3ccccc3)c-2c1.[Zr]. The summed E-state index contributed by atoms with van der Waals surface area (Å²) in [6.45, 7) is 2.20. The van der Waals surface area contributed by atoms with Crippen molar-refractivity contribution in [3.63, 3.8) is 0 Å². The number of fused-ring (bicyclic) bond motifs is 1. The summed E-state index contributed by atoms with van der Waals surface area (Å²) in [4.78, 5) is 0. The first-order valence-electron chi connectivity index (χ1n) is 6.45. The van der Waals surface area contributed by atoms with E-state index in [1.807, 2.05) is 0 Å². The van der Waals surface area contributed by atoms with Crippen molar-refractivity contribution < 1.29 is 26.2 Å². The molecule has 0 saturated heterocycles. The van der Waals surface area contributed by atoms with E-state index in [9.17, 15) is 0 Å². The van der Waals surface area contributed by atoms with E-state index in [-0.39, 0.29) is 26.2 Å². The fourth-order valence-corrected chi connectivity index (χ4v) is 2.43. The van der Waals surface area contributed by atoms with Gasteiger partial charge in [-0.05, 0) is 34.2 Å². The fourth-order valence-electron chi connectivity index (χ4n) is 2.43. The summed E-state index contributed by atoms with van der Waals surface area (Å²) < 4.78 is 0. The molecule has 0 atom stereocenters. The van der Waals surface area contributed by atoms with E-state index in [4.69, 9.17) is 0 Å². The maximum atomic E-state index is 2.32. The minimum atomic E-state index is 0. The van der Waals surface area contributed by atoms with E-state index in [0.29, 0.717) is 0 Å². The summed E-state index contributed by atoms with van der Waals surface area (Å²) in [5, 5.41) is 0. The first kappa shape index (κ1) is 14.2. The van der Waals surface area contributed by atoms with Crippen LogP contribution in [0.3, 0.4) is 0 Å². The van der Waals surface area contributed by atoms with Crippen LogP contribution in [0.5, 0.6) is 0 Å². The van der Waals surface area contributed by atoms with Gasteiger partial charge < -0.3 is 0 Å². The molecule has 1 heteroatoms. The van der Waals surface area contributed by atoms with Crippen LogP contribution in [0.1, 0.15) is 12.5 Å². The van der Waals surface area contributed by atoms with E-state index in [0.717, 1.165) is 6.42 Å². The molecule has 1 aromatic carbocycles. The fraction of sp³-hybridized carbons (Fsp3) is 0.111. The van der Waals surface area contributed by atoms with Crippen molar-refractivity contribution in [2.45, 2.75) is 13.3 Å². The third-order valence-electron chi connectivity index (χ3n) is 3.41. The van der Waals surface area contributed by atoms with Crippen molar-refractivity contribution in [3.05, 3.63) is 72.3 Å². The molecular weight excluding hydrogens is 307 g/mol. The topological polar surface area (TPSA) is 0 Å². The largest absolute Gasteiger partial charge is 0.0622 e. The van der Waals surface area contributed by atoms with Gasteiger partial charge >= 0.3 is 0 Å². The molecule has 0 heterocycles. The number of aryl methyl sites for hydroxylation is 1. The second kappa shape index (κ2) is 6.30. The molecule has 0 unspecified atom stereocenters. The normalized spacial score (nSPS) is 10.2. The van der Waals surface area contributed by atoms with E-state index in [1.165, 1.54) is 27.8 Å². The minimum Gasteiger partial charge on any atom is -0.0622 e.